The lowest BCUT2D eigenvalue weighted by Gasteiger charge is -2.24. The average molecular weight is 239 g/mol. The Labute approximate surface area is 89.8 Å². The van der Waals surface area contributed by atoms with Crippen LogP contribution in [0.2, 0.25) is 0 Å². The minimum absolute atomic E-state index is 0.104. The zero-order valence-electron chi connectivity index (χ0n) is 8.60. The van der Waals surface area contributed by atoms with Crippen LogP contribution in [0.25, 0.3) is 0 Å². The molecule has 0 saturated carbocycles. The summed E-state index contributed by atoms with van der Waals surface area (Å²) in [5.74, 6) is -1.28. The van der Waals surface area contributed by atoms with Crippen LogP contribution in [0.15, 0.2) is 0 Å². The first-order valence-electron chi connectivity index (χ1n) is 4.65. The van der Waals surface area contributed by atoms with Crippen molar-refractivity contribution in [1.82, 2.24) is 10.2 Å². The van der Waals surface area contributed by atoms with Gasteiger partial charge < -0.3 is 11.1 Å². The Morgan fingerprint density at radius 3 is 2.38 bits per heavy atom. The van der Waals surface area contributed by atoms with Gasteiger partial charge in [-0.15, -0.1) is 0 Å². The first-order chi connectivity index (χ1) is 7.24. The van der Waals surface area contributed by atoms with Crippen molar-refractivity contribution in [1.29, 1.82) is 0 Å². The molecule has 8 heteroatoms. The number of nitrogens with one attached hydrogen (secondary N) is 1. The van der Waals surface area contributed by atoms with Gasteiger partial charge in [0.15, 0.2) is 0 Å². The molecule has 3 N–H and O–H groups in total. The molecule has 1 heterocycles. The highest BCUT2D eigenvalue weighted by atomic mass is 19.4. The molecule has 3 amide bonds. The Hall–Kier alpha value is -1.31. The van der Waals surface area contributed by atoms with E-state index >= 15 is 0 Å². The molecule has 0 aromatic heterocycles. The molecule has 1 saturated heterocycles. The van der Waals surface area contributed by atoms with Crippen LogP contribution in [0.1, 0.15) is 13.3 Å². The van der Waals surface area contributed by atoms with E-state index in [2.05, 4.69) is 0 Å². The summed E-state index contributed by atoms with van der Waals surface area (Å²) in [4.78, 5) is 23.2. The first kappa shape index (κ1) is 12.8. The van der Waals surface area contributed by atoms with Crippen LogP contribution in [0.5, 0.6) is 0 Å². The maximum absolute atomic E-state index is 12.6. The fourth-order valence-corrected chi connectivity index (χ4v) is 1.34. The zero-order valence-corrected chi connectivity index (χ0v) is 8.60. The molecule has 1 atom stereocenters. The molecule has 0 radical (unpaired) electrons. The van der Waals surface area contributed by atoms with Crippen molar-refractivity contribution in [2.75, 3.05) is 13.1 Å². The lowest BCUT2D eigenvalue weighted by molar-refractivity contribution is -0.191. The van der Waals surface area contributed by atoms with Crippen molar-refractivity contribution in [2.45, 2.75) is 25.1 Å². The molecule has 0 aliphatic carbocycles. The average Bonchev–Trinajstić information content (AvgIpc) is 2.36. The minimum atomic E-state index is -4.81. The van der Waals surface area contributed by atoms with Gasteiger partial charge in [-0.1, -0.05) is 0 Å². The molecule has 1 aliphatic heterocycles. The molecule has 1 unspecified atom stereocenters. The predicted octanol–water partition coefficient (Wildman–Crippen LogP) is 0.208. The number of urea groups is 1. The number of imide groups is 1. The number of nitrogens with two attached hydrogens (primary N) is 1. The number of alkyl halides is 3. The van der Waals surface area contributed by atoms with E-state index in [4.69, 9.17) is 5.73 Å². The number of rotatable bonds is 3. The van der Waals surface area contributed by atoms with Crippen molar-refractivity contribution >= 4 is 11.9 Å². The monoisotopic (exact) mass is 239 g/mol. The van der Waals surface area contributed by atoms with Crippen molar-refractivity contribution in [3.05, 3.63) is 0 Å². The lowest BCUT2D eigenvalue weighted by Crippen LogP contribution is -2.56. The largest absolute Gasteiger partial charge is 0.420 e. The maximum atomic E-state index is 12.6. The number of amides is 3. The van der Waals surface area contributed by atoms with E-state index in [-0.39, 0.29) is 19.5 Å². The highest BCUT2D eigenvalue weighted by Crippen LogP contribution is 2.35. The van der Waals surface area contributed by atoms with Crippen LogP contribution in [-0.4, -0.2) is 41.6 Å². The molecule has 0 aromatic rings. The van der Waals surface area contributed by atoms with Crippen molar-refractivity contribution in [3.63, 3.8) is 0 Å². The van der Waals surface area contributed by atoms with E-state index in [9.17, 15) is 22.8 Å². The second kappa shape index (κ2) is 3.93. The van der Waals surface area contributed by atoms with Crippen molar-refractivity contribution < 1.29 is 22.8 Å². The van der Waals surface area contributed by atoms with Gasteiger partial charge in [0.05, 0.1) is 0 Å². The van der Waals surface area contributed by atoms with E-state index in [0.717, 1.165) is 0 Å². The molecule has 0 spiro atoms. The summed E-state index contributed by atoms with van der Waals surface area (Å²) in [7, 11) is 0. The van der Waals surface area contributed by atoms with Gasteiger partial charge in [-0.2, -0.15) is 13.2 Å². The number of nitrogens with zero attached hydrogens (tertiary/aromatic N) is 1. The summed E-state index contributed by atoms with van der Waals surface area (Å²) in [6, 6.07) is -1.03. The molecule has 5 nitrogen and oxygen atoms in total. The summed E-state index contributed by atoms with van der Waals surface area (Å²) in [5, 5.41) is 1.65. The summed E-state index contributed by atoms with van der Waals surface area (Å²) >= 11 is 0. The number of carbonyl (C=O) groups is 2. The smallest absolute Gasteiger partial charge is 0.330 e. The Kier molecular flexibility index (Phi) is 3.13. The number of carbonyl (C=O) groups excluding carboxylic acids is 2. The molecule has 0 bridgehead atoms. The summed E-state index contributed by atoms with van der Waals surface area (Å²) in [5.41, 5.74) is 2.34. The highest BCUT2D eigenvalue weighted by molar-refractivity contribution is 6.07. The summed E-state index contributed by atoms with van der Waals surface area (Å²) in [6.45, 7) is 0.738. The van der Waals surface area contributed by atoms with Crippen LogP contribution in [-0.2, 0) is 4.79 Å². The lowest BCUT2D eigenvalue weighted by atomic mass is 10.0. The number of halogens is 3. The first-order valence-corrected chi connectivity index (χ1v) is 4.65. The standard InChI is InChI=1S/C8H12F3N3O2/c1-7(8(9,10)11)5(15)14(4-2-3-12)6(16)13-7/h2-4,12H2,1H3,(H,13,16). The van der Waals surface area contributed by atoms with Crippen LogP contribution < -0.4 is 11.1 Å². The van der Waals surface area contributed by atoms with Crippen LogP contribution in [0.4, 0.5) is 18.0 Å². The number of hydrogen-bond acceptors (Lipinski definition) is 3. The second-order valence-corrected chi connectivity index (χ2v) is 3.65. The van der Waals surface area contributed by atoms with Gasteiger partial charge in [0.25, 0.3) is 5.91 Å². The fourth-order valence-electron chi connectivity index (χ4n) is 1.34. The summed E-state index contributed by atoms with van der Waals surface area (Å²) < 4.78 is 37.7. The van der Waals surface area contributed by atoms with Crippen molar-refractivity contribution in [3.8, 4) is 0 Å². The highest BCUT2D eigenvalue weighted by Gasteiger charge is 2.64. The van der Waals surface area contributed by atoms with Gasteiger partial charge in [0, 0.05) is 6.54 Å². The van der Waals surface area contributed by atoms with E-state index in [0.29, 0.717) is 11.8 Å². The molecule has 1 rings (SSSR count). The molecule has 16 heavy (non-hydrogen) atoms. The Morgan fingerprint density at radius 2 is 2.00 bits per heavy atom. The summed E-state index contributed by atoms with van der Waals surface area (Å²) in [6.07, 6.45) is -4.54. The van der Waals surface area contributed by atoms with Gasteiger partial charge >= 0.3 is 12.2 Å². The van der Waals surface area contributed by atoms with Crippen LogP contribution in [0, 0.1) is 0 Å². The van der Waals surface area contributed by atoms with E-state index in [1.54, 1.807) is 5.32 Å². The number of hydrogen-bond donors (Lipinski definition) is 2. The van der Waals surface area contributed by atoms with Crippen LogP contribution >= 0.6 is 0 Å². The quantitative estimate of drug-likeness (QED) is 0.691. The molecular formula is C8H12F3N3O2. The third-order valence-electron chi connectivity index (χ3n) is 2.43. The van der Waals surface area contributed by atoms with Gasteiger partial charge in [0.2, 0.25) is 5.54 Å². The Bertz CT molecular complexity index is 318. The second-order valence-electron chi connectivity index (χ2n) is 3.65. The molecule has 1 fully saturated rings. The zero-order chi connectivity index (χ0) is 12.6. The Morgan fingerprint density at radius 1 is 1.44 bits per heavy atom. The van der Waals surface area contributed by atoms with Gasteiger partial charge in [-0.05, 0) is 19.9 Å². The fraction of sp³-hybridized carbons (Fsp3) is 0.750. The Balaban J connectivity index is 2.90. The van der Waals surface area contributed by atoms with E-state index < -0.39 is 23.7 Å². The van der Waals surface area contributed by atoms with Gasteiger partial charge in [-0.3, -0.25) is 9.69 Å². The molecule has 1 aliphatic rings. The van der Waals surface area contributed by atoms with Gasteiger partial charge in [-0.25, -0.2) is 4.79 Å². The maximum Gasteiger partial charge on any atom is 0.420 e. The SMILES string of the molecule is CC1(C(F)(F)F)NC(=O)N(CCCN)C1=O. The van der Waals surface area contributed by atoms with Crippen LogP contribution in [0.3, 0.4) is 0 Å². The van der Waals surface area contributed by atoms with Gasteiger partial charge in [0.1, 0.15) is 0 Å². The predicted molar refractivity (Wildman–Crippen MR) is 48.4 cm³/mol. The third kappa shape index (κ3) is 1.84. The minimum Gasteiger partial charge on any atom is -0.330 e. The normalized spacial score (nSPS) is 26.2. The van der Waals surface area contributed by atoms with Crippen molar-refractivity contribution in [2.24, 2.45) is 5.73 Å². The van der Waals surface area contributed by atoms with E-state index in [1.807, 2.05) is 0 Å². The molecule has 92 valence electrons. The third-order valence-corrected chi connectivity index (χ3v) is 2.43. The topological polar surface area (TPSA) is 75.4 Å². The molecular weight excluding hydrogens is 227 g/mol. The van der Waals surface area contributed by atoms with E-state index in [1.165, 1.54) is 0 Å². The molecule has 0 aromatic carbocycles.